The maximum atomic E-state index is 11.7. The average Bonchev–Trinajstić information content (AvgIpc) is 2.74. The Morgan fingerprint density at radius 2 is 2.31 bits per heavy atom. The van der Waals surface area contributed by atoms with Crippen molar-refractivity contribution in [1.29, 1.82) is 0 Å². The van der Waals surface area contributed by atoms with Gasteiger partial charge < -0.3 is 20.5 Å². The van der Waals surface area contributed by atoms with Gasteiger partial charge in [0.25, 0.3) is 5.91 Å². The molecule has 86 valence electrons. The lowest BCUT2D eigenvalue weighted by Gasteiger charge is -2.05. The molecule has 1 heterocycles. The fourth-order valence-corrected chi connectivity index (χ4v) is 1.94. The number of amides is 1. The van der Waals surface area contributed by atoms with E-state index in [0.717, 1.165) is 0 Å². The number of halogens is 1. The molecule has 0 saturated carbocycles. The van der Waals surface area contributed by atoms with E-state index in [4.69, 9.17) is 15.2 Å². The van der Waals surface area contributed by atoms with Gasteiger partial charge in [-0.1, -0.05) is 0 Å². The zero-order valence-electron chi connectivity index (χ0n) is 8.46. The van der Waals surface area contributed by atoms with Crippen LogP contribution in [0.3, 0.4) is 0 Å². The van der Waals surface area contributed by atoms with E-state index in [1.165, 1.54) is 0 Å². The number of hydrogen-bond acceptors (Lipinski definition) is 4. The van der Waals surface area contributed by atoms with Gasteiger partial charge in [0.15, 0.2) is 11.5 Å². The number of nitrogens with two attached hydrogens (primary N) is 1. The lowest BCUT2D eigenvalue weighted by atomic mass is 10.2. The summed E-state index contributed by atoms with van der Waals surface area (Å²) in [5, 5.41) is 2.69. The number of rotatable bonds is 3. The molecule has 0 saturated heterocycles. The number of benzene rings is 1. The van der Waals surface area contributed by atoms with Crippen LogP contribution in [0.25, 0.3) is 0 Å². The standard InChI is InChI=1S/C10H11BrN2O3/c11-7-3-6(10(14)13-2-1-12)4-8-9(7)16-5-15-8/h3-4H,1-2,5,12H2,(H,13,14). The normalized spacial score (nSPS) is 12.6. The van der Waals surface area contributed by atoms with Crippen molar-refractivity contribution >= 4 is 21.8 Å². The molecule has 3 N–H and O–H groups in total. The Morgan fingerprint density at radius 3 is 3.06 bits per heavy atom. The van der Waals surface area contributed by atoms with Gasteiger partial charge in [-0.2, -0.15) is 0 Å². The van der Waals surface area contributed by atoms with Crippen LogP contribution in [0.15, 0.2) is 16.6 Å². The van der Waals surface area contributed by atoms with E-state index < -0.39 is 0 Å². The van der Waals surface area contributed by atoms with Crippen LogP contribution in [0.2, 0.25) is 0 Å². The number of carbonyl (C=O) groups is 1. The molecule has 5 nitrogen and oxygen atoms in total. The lowest BCUT2D eigenvalue weighted by molar-refractivity contribution is 0.0954. The van der Waals surface area contributed by atoms with Crippen molar-refractivity contribution in [3.8, 4) is 11.5 Å². The first kappa shape index (κ1) is 11.2. The summed E-state index contributed by atoms with van der Waals surface area (Å²) in [6.07, 6.45) is 0. The van der Waals surface area contributed by atoms with Crippen LogP contribution in [-0.4, -0.2) is 25.8 Å². The molecule has 0 spiro atoms. The third-order valence-corrected chi connectivity index (χ3v) is 2.71. The summed E-state index contributed by atoms with van der Waals surface area (Å²) in [6.45, 7) is 1.05. The predicted octanol–water partition coefficient (Wildman–Crippen LogP) is 0.866. The number of hydrogen-bond donors (Lipinski definition) is 2. The first-order chi connectivity index (χ1) is 7.72. The minimum atomic E-state index is -0.176. The van der Waals surface area contributed by atoms with Gasteiger partial charge in [-0.05, 0) is 28.1 Å². The van der Waals surface area contributed by atoms with Crippen LogP contribution in [0.5, 0.6) is 11.5 Å². The largest absolute Gasteiger partial charge is 0.454 e. The molecular weight excluding hydrogens is 276 g/mol. The molecule has 0 unspecified atom stereocenters. The van der Waals surface area contributed by atoms with E-state index in [1.54, 1.807) is 12.1 Å². The van der Waals surface area contributed by atoms with Crippen molar-refractivity contribution in [3.63, 3.8) is 0 Å². The van der Waals surface area contributed by atoms with Crippen molar-refractivity contribution in [2.45, 2.75) is 0 Å². The number of fused-ring (bicyclic) bond motifs is 1. The SMILES string of the molecule is NCCNC(=O)c1cc(Br)c2c(c1)OCO2. The minimum absolute atomic E-state index is 0.176. The van der Waals surface area contributed by atoms with E-state index in [2.05, 4.69) is 21.2 Å². The van der Waals surface area contributed by atoms with Crippen LogP contribution in [0, 0.1) is 0 Å². The highest BCUT2D eigenvalue weighted by Crippen LogP contribution is 2.39. The Labute approximate surface area is 101 Å². The Bertz CT molecular complexity index is 423. The molecule has 1 aromatic carbocycles. The Balaban J connectivity index is 2.23. The highest BCUT2D eigenvalue weighted by Gasteiger charge is 2.20. The van der Waals surface area contributed by atoms with E-state index in [0.29, 0.717) is 34.6 Å². The van der Waals surface area contributed by atoms with E-state index in [1.807, 2.05) is 0 Å². The second-order valence-electron chi connectivity index (χ2n) is 3.24. The van der Waals surface area contributed by atoms with E-state index in [9.17, 15) is 4.79 Å². The number of nitrogens with one attached hydrogen (secondary N) is 1. The van der Waals surface area contributed by atoms with Gasteiger partial charge >= 0.3 is 0 Å². The highest BCUT2D eigenvalue weighted by atomic mass is 79.9. The Kier molecular flexibility index (Phi) is 3.31. The molecule has 1 aliphatic rings. The molecule has 0 atom stereocenters. The average molecular weight is 287 g/mol. The Hall–Kier alpha value is -1.27. The summed E-state index contributed by atoms with van der Waals surface area (Å²) in [6, 6.07) is 3.35. The molecule has 0 radical (unpaired) electrons. The van der Waals surface area contributed by atoms with Crippen LogP contribution in [-0.2, 0) is 0 Å². The van der Waals surface area contributed by atoms with Crippen molar-refractivity contribution in [1.82, 2.24) is 5.32 Å². The topological polar surface area (TPSA) is 73.6 Å². The fraction of sp³-hybridized carbons (Fsp3) is 0.300. The zero-order valence-corrected chi connectivity index (χ0v) is 10.0. The molecule has 2 rings (SSSR count). The third-order valence-electron chi connectivity index (χ3n) is 2.12. The van der Waals surface area contributed by atoms with Gasteiger partial charge in [-0.3, -0.25) is 4.79 Å². The summed E-state index contributed by atoms with van der Waals surface area (Å²) in [5.41, 5.74) is 5.82. The lowest BCUT2D eigenvalue weighted by Crippen LogP contribution is -2.28. The summed E-state index contributed by atoms with van der Waals surface area (Å²) in [7, 11) is 0. The summed E-state index contributed by atoms with van der Waals surface area (Å²) < 4.78 is 11.2. The van der Waals surface area contributed by atoms with Crippen LogP contribution in [0.1, 0.15) is 10.4 Å². The maximum absolute atomic E-state index is 11.7. The molecular formula is C10H11BrN2O3. The second kappa shape index (κ2) is 4.71. The third kappa shape index (κ3) is 2.12. The quantitative estimate of drug-likeness (QED) is 0.865. The van der Waals surface area contributed by atoms with Crippen molar-refractivity contribution < 1.29 is 14.3 Å². The minimum Gasteiger partial charge on any atom is -0.454 e. The molecule has 1 amide bonds. The van der Waals surface area contributed by atoms with Gasteiger partial charge in [-0.15, -0.1) is 0 Å². The predicted molar refractivity (Wildman–Crippen MR) is 61.7 cm³/mol. The monoisotopic (exact) mass is 286 g/mol. The summed E-state index contributed by atoms with van der Waals surface area (Å²) >= 11 is 3.32. The smallest absolute Gasteiger partial charge is 0.251 e. The summed E-state index contributed by atoms with van der Waals surface area (Å²) in [5.74, 6) is 1.03. The second-order valence-corrected chi connectivity index (χ2v) is 4.09. The first-order valence-electron chi connectivity index (χ1n) is 4.80. The zero-order chi connectivity index (χ0) is 11.5. The van der Waals surface area contributed by atoms with E-state index in [-0.39, 0.29) is 12.7 Å². The number of ether oxygens (including phenoxy) is 2. The molecule has 0 bridgehead atoms. The van der Waals surface area contributed by atoms with Crippen LogP contribution in [0.4, 0.5) is 0 Å². The molecule has 16 heavy (non-hydrogen) atoms. The van der Waals surface area contributed by atoms with Gasteiger partial charge in [0.1, 0.15) is 0 Å². The maximum Gasteiger partial charge on any atom is 0.251 e. The molecule has 1 aliphatic heterocycles. The molecule has 1 aromatic rings. The van der Waals surface area contributed by atoms with Gasteiger partial charge in [-0.25, -0.2) is 0 Å². The fourth-order valence-electron chi connectivity index (χ4n) is 1.39. The van der Waals surface area contributed by atoms with Gasteiger partial charge in [0.2, 0.25) is 6.79 Å². The van der Waals surface area contributed by atoms with Crippen LogP contribution < -0.4 is 20.5 Å². The van der Waals surface area contributed by atoms with Crippen molar-refractivity contribution in [2.75, 3.05) is 19.9 Å². The van der Waals surface area contributed by atoms with E-state index >= 15 is 0 Å². The summed E-state index contributed by atoms with van der Waals surface area (Å²) in [4.78, 5) is 11.7. The molecule has 6 heteroatoms. The molecule has 0 aromatic heterocycles. The number of carbonyl (C=O) groups excluding carboxylic acids is 1. The Morgan fingerprint density at radius 1 is 1.50 bits per heavy atom. The first-order valence-corrected chi connectivity index (χ1v) is 5.59. The van der Waals surface area contributed by atoms with Crippen molar-refractivity contribution in [2.24, 2.45) is 5.73 Å². The molecule has 0 fully saturated rings. The van der Waals surface area contributed by atoms with Gasteiger partial charge in [0, 0.05) is 18.7 Å². The van der Waals surface area contributed by atoms with Gasteiger partial charge in [0.05, 0.1) is 4.47 Å². The molecule has 0 aliphatic carbocycles. The van der Waals surface area contributed by atoms with Crippen LogP contribution >= 0.6 is 15.9 Å². The highest BCUT2D eigenvalue weighted by molar-refractivity contribution is 9.10. The van der Waals surface area contributed by atoms with Crippen molar-refractivity contribution in [3.05, 3.63) is 22.2 Å².